The van der Waals surface area contributed by atoms with Gasteiger partial charge in [0.05, 0.1) is 24.6 Å². The fourth-order valence-corrected chi connectivity index (χ4v) is 2.69. The van der Waals surface area contributed by atoms with Gasteiger partial charge in [-0.05, 0) is 6.92 Å². The maximum absolute atomic E-state index is 13.7. The quantitative estimate of drug-likeness (QED) is 0.614. The lowest BCUT2D eigenvalue weighted by atomic mass is 10.2. The summed E-state index contributed by atoms with van der Waals surface area (Å²) >= 11 is 0. The van der Waals surface area contributed by atoms with Crippen LogP contribution in [0.25, 0.3) is 0 Å². The van der Waals surface area contributed by atoms with Gasteiger partial charge in [0.25, 0.3) is 5.69 Å². The van der Waals surface area contributed by atoms with Crippen LogP contribution in [0.15, 0.2) is 12.1 Å². The van der Waals surface area contributed by atoms with Crippen LogP contribution in [-0.4, -0.2) is 62.1 Å². The number of nitro benzene ring substituents is 1. The third kappa shape index (κ3) is 4.10. The van der Waals surface area contributed by atoms with Crippen molar-refractivity contribution in [3.8, 4) is 5.75 Å². The van der Waals surface area contributed by atoms with Crippen LogP contribution in [-0.2, 0) is 4.79 Å². The predicted octanol–water partition coefficient (Wildman–Crippen LogP) is 1.00. The Hall–Kier alpha value is -2.42. The van der Waals surface area contributed by atoms with Crippen molar-refractivity contribution in [3.63, 3.8) is 0 Å². The van der Waals surface area contributed by atoms with Gasteiger partial charge in [-0.25, -0.2) is 4.39 Å². The molecule has 1 heterocycles. The number of halogens is 1. The zero-order chi connectivity index (χ0) is 17.7. The number of ether oxygens (including phenoxy) is 1. The average molecular weight is 340 g/mol. The van der Waals surface area contributed by atoms with Crippen molar-refractivity contribution in [2.75, 3.05) is 51.3 Å². The number of hydrogen-bond donors (Lipinski definition) is 1. The van der Waals surface area contributed by atoms with Crippen molar-refractivity contribution in [2.24, 2.45) is 0 Å². The van der Waals surface area contributed by atoms with E-state index in [2.05, 4.69) is 5.32 Å². The lowest BCUT2D eigenvalue weighted by Gasteiger charge is -2.35. The first kappa shape index (κ1) is 17.9. The molecule has 8 nitrogen and oxygen atoms in total. The highest BCUT2D eigenvalue weighted by Gasteiger charge is 2.26. The van der Waals surface area contributed by atoms with E-state index in [1.54, 1.807) is 0 Å². The number of piperazine rings is 1. The van der Waals surface area contributed by atoms with Crippen LogP contribution in [0.1, 0.15) is 6.92 Å². The number of rotatable bonds is 6. The first-order valence-corrected chi connectivity index (χ1v) is 7.72. The smallest absolute Gasteiger partial charge is 0.295 e. The minimum absolute atomic E-state index is 0.0275. The third-order valence-corrected chi connectivity index (χ3v) is 3.90. The lowest BCUT2D eigenvalue weighted by molar-refractivity contribution is -0.384. The number of nitrogens with one attached hydrogen (secondary N) is 1. The van der Waals surface area contributed by atoms with Crippen LogP contribution in [0.5, 0.6) is 5.75 Å². The van der Waals surface area contributed by atoms with Crippen molar-refractivity contribution in [2.45, 2.75) is 6.92 Å². The number of anilines is 1. The van der Waals surface area contributed by atoms with Crippen LogP contribution in [0, 0.1) is 15.9 Å². The van der Waals surface area contributed by atoms with E-state index < -0.39 is 10.7 Å². The van der Waals surface area contributed by atoms with E-state index in [-0.39, 0.29) is 17.3 Å². The van der Waals surface area contributed by atoms with E-state index in [1.165, 1.54) is 13.2 Å². The zero-order valence-electron chi connectivity index (χ0n) is 13.7. The van der Waals surface area contributed by atoms with E-state index in [9.17, 15) is 19.3 Å². The summed E-state index contributed by atoms with van der Waals surface area (Å²) in [7, 11) is 1.32. The first-order chi connectivity index (χ1) is 11.5. The van der Waals surface area contributed by atoms with Crippen molar-refractivity contribution >= 4 is 17.3 Å². The largest absolute Gasteiger partial charge is 0.494 e. The van der Waals surface area contributed by atoms with Gasteiger partial charge < -0.3 is 15.0 Å². The molecule has 24 heavy (non-hydrogen) atoms. The Morgan fingerprint density at radius 3 is 2.58 bits per heavy atom. The molecule has 0 saturated carbocycles. The molecule has 0 radical (unpaired) electrons. The van der Waals surface area contributed by atoms with Crippen molar-refractivity contribution in [1.29, 1.82) is 0 Å². The summed E-state index contributed by atoms with van der Waals surface area (Å²) < 4.78 is 18.7. The maximum Gasteiger partial charge on any atom is 0.295 e. The average Bonchev–Trinajstić information content (AvgIpc) is 2.55. The Morgan fingerprint density at radius 1 is 1.38 bits per heavy atom. The fraction of sp³-hybridized carbons (Fsp3) is 0.533. The second-order valence-corrected chi connectivity index (χ2v) is 5.45. The van der Waals surface area contributed by atoms with Gasteiger partial charge in [-0.1, -0.05) is 0 Å². The van der Waals surface area contributed by atoms with Gasteiger partial charge in [0.15, 0.2) is 11.6 Å². The molecule has 1 fully saturated rings. The molecule has 1 aliphatic rings. The Bertz CT molecular complexity index is 618. The van der Waals surface area contributed by atoms with Crippen molar-refractivity contribution in [1.82, 2.24) is 10.2 Å². The third-order valence-electron chi connectivity index (χ3n) is 3.90. The van der Waals surface area contributed by atoms with Crippen LogP contribution in [0.3, 0.4) is 0 Å². The molecule has 132 valence electrons. The fourth-order valence-electron chi connectivity index (χ4n) is 2.69. The van der Waals surface area contributed by atoms with Gasteiger partial charge in [-0.15, -0.1) is 0 Å². The normalized spacial score (nSPS) is 15.2. The number of amides is 1. The molecular weight excluding hydrogens is 319 g/mol. The summed E-state index contributed by atoms with van der Waals surface area (Å²) in [5.41, 5.74) is 0.0429. The summed E-state index contributed by atoms with van der Waals surface area (Å²) in [6.45, 7) is 4.94. The molecule has 0 aromatic heterocycles. The van der Waals surface area contributed by atoms with E-state index >= 15 is 0 Å². The van der Waals surface area contributed by atoms with Gasteiger partial charge >= 0.3 is 0 Å². The number of benzene rings is 1. The molecule has 0 aliphatic carbocycles. The van der Waals surface area contributed by atoms with Crippen molar-refractivity contribution < 1.29 is 18.8 Å². The topological polar surface area (TPSA) is 88.0 Å². The Morgan fingerprint density at radius 2 is 2.04 bits per heavy atom. The highest BCUT2D eigenvalue weighted by atomic mass is 19.1. The molecule has 9 heteroatoms. The number of carbonyl (C=O) groups is 1. The summed E-state index contributed by atoms with van der Waals surface area (Å²) in [6.07, 6.45) is 0. The molecule has 1 amide bonds. The monoisotopic (exact) mass is 340 g/mol. The summed E-state index contributed by atoms with van der Waals surface area (Å²) in [4.78, 5) is 26.0. The van der Waals surface area contributed by atoms with Gasteiger partial charge in [-0.3, -0.25) is 19.8 Å². The van der Waals surface area contributed by atoms with Crippen LogP contribution in [0.2, 0.25) is 0 Å². The summed E-state index contributed by atoms with van der Waals surface area (Å²) in [5, 5.41) is 13.9. The molecule has 1 saturated heterocycles. The molecule has 0 atom stereocenters. The van der Waals surface area contributed by atoms with E-state index in [0.717, 1.165) is 6.07 Å². The lowest BCUT2D eigenvalue weighted by Crippen LogP contribution is -2.49. The molecule has 0 bridgehead atoms. The van der Waals surface area contributed by atoms with E-state index in [1.807, 2.05) is 16.7 Å². The molecule has 1 N–H and O–H groups in total. The van der Waals surface area contributed by atoms with E-state index in [0.29, 0.717) is 45.0 Å². The highest BCUT2D eigenvalue weighted by molar-refractivity contribution is 5.78. The number of hydrogen-bond acceptors (Lipinski definition) is 6. The second kappa shape index (κ2) is 7.91. The SMILES string of the molecule is CCNC(=O)CN1CCN(c2cc(OC)c(F)cc2[N+](=O)[O-])CC1. The molecule has 1 aromatic rings. The van der Waals surface area contributed by atoms with E-state index in [4.69, 9.17) is 4.74 Å². The number of nitrogens with zero attached hydrogens (tertiary/aromatic N) is 3. The zero-order valence-corrected chi connectivity index (χ0v) is 13.7. The number of nitro groups is 1. The minimum atomic E-state index is -0.761. The molecule has 2 rings (SSSR count). The Kier molecular flexibility index (Phi) is 5.91. The van der Waals surface area contributed by atoms with Crippen LogP contribution < -0.4 is 15.0 Å². The maximum atomic E-state index is 13.7. The van der Waals surface area contributed by atoms with Crippen LogP contribution >= 0.6 is 0 Å². The van der Waals surface area contributed by atoms with Gasteiger partial charge in [0, 0.05) is 38.8 Å². The Labute approximate surface area is 139 Å². The summed E-state index contributed by atoms with van der Waals surface area (Å²) in [5.74, 6) is -0.830. The van der Waals surface area contributed by atoms with Crippen molar-refractivity contribution in [3.05, 3.63) is 28.1 Å². The standard InChI is InChI=1S/C15H21FN4O4/c1-3-17-15(21)10-18-4-6-19(7-5-18)12-9-14(24-2)11(16)8-13(12)20(22)23/h8-9H,3-7,10H2,1-2H3,(H,17,21). The molecule has 0 spiro atoms. The molecular formula is C15H21FN4O4. The highest BCUT2D eigenvalue weighted by Crippen LogP contribution is 2.34. The second-order valence-electron chi connectivity index (χ2n) is 5.45. The molecule has 0 unspecified atom stereocenters. The van der Waals surface area contributed by atoms with Gasteiger partial charge in [0.1, 0.15) is 5.69 Å². The number of methoxy groups -OCH3 is 1. The number of carbonyl (C=O) groups excluding carboxylic acids is 1. The summed E-state index contributed by atoms with van der Waals surface area (Å²) in [6, 6.07) is 2.24. The number of likely N-dealkylation sites (N-methyl/N-ethyl adjacent to an activating group) is 1. The minimum Gasteiger partial charge on any atom is -0.494 e. The predicted molar refractivity (Wildman–Crippen MR) is 86.9 cm³/mol. The first-order valence-electron chi connectivity index (χ1n) is 7.72. The van der Waals surface area contributed by atoms with Gasteiger partial charge in [-0.2, -0.15) is 0 Å². The van der Waals surface area contributed by atoms with Crippen LogP contribution in [0.4, 0.5) is 15.8 Å². The molecule has 1 aliphatic heterocycles. The molecule has 1 aromatic carbocycles. The van der Waals surface area contributed by atoms with Gasteiger partial charge in [0.2, 0.25) is 5.91 Å². The Balaban J connectivity index is 2.10.